The Kier molecular flexibility index (Phi) is 5.72. The van der Waals surface area contributed by atoms with Crippen molar-refractivity contribution in [2.24, 2.45) is 0 Å². The molecule has 0 saturated heterocycles. The molecule has 0 radical (unpaired) electrons. The Bertz CT molecular complexity index is 1020. The minimum Gasteiger partial charge on any atom is -0.457 e. The first-order chi connectivity index (χ1) is 12.9. The maximum atomic E-state index is 12.3. The summed E-state index contributed by atoms with van der Waals surface area (Å²) in [6.07, 6.45) is 1.16. The zero-order valence-corrected chi connectivity index (χ0v) is 15.8. The van der Waals surface area contributed by atoms with Gasteiger partial charge >= 0.3 is 5.97 Å². The van der Waals surface area contributed by atoms with E-state index in [1.165, 1.54) is 0 Å². The number of esters is 1. The summed E-state index contributed by atoms with van der Waals surface area (Å²) in [6.45, 7) is 0.157. The molecule has 0 unspecified atom stereocenters. The molecule has 4 nitrogen and oxygen atoms in total. The number of carbonyl (C=O) groups is 1. The molecule has 0 aliphatic rings. The Balaban J connectivity index is 1.63. The first-order valence-electron chi connectivity index (χ1n) is 8.49. The van der Waals surface area contributed by atoms with Gasteiger partial charge < -0.3 is 4.74 Å². The quantitative estimate of drug-likeness (QED) is 0.600. The summed E-state index contributed by atoms with van der Waals surface area (Å²) in [6, 6.07) is 24.4. The van der Waals surface area contributed by atoms with Crippen LogP contribution in [0.3, 0.4) is 0 Å². The van der Waals surface area contributed by atoms with Gasteiger partial charge in [-0.3, -0.25) is 0 Å². The number of hydrogen-bond acceptors (Lipinski definition) is 4. The number of hydrogen-bond donors (Lipinski definition) is 0. The third-order valence-electron chi connectivity index (χ3n) is 4.02. The fraction of sp³-hybridized carbons (Fsp3) is 0.136. The lowest BCUT2D eigenvalue weighted by molar-refractivity contribution is 0.0472. The molecule has 3 rings (SSSR count). The highest BCUT2D eigenvalue weighted by Gasteiger charge is 2.11. The Labute approximate surface area is 159 Å². The van der Waals surface area contributed by atoms with Crippen LogP contribution in [-0.4, -0.2) is 20.6 Å². The molecule has 0 aliphatic carbocycles. The molecule has 0 fully saturated rings. The zero-order valence-electron chi connectivity index (χ0n) is 15.0. The summed E-state index contributed by atoms with van der Waals surface area (Å²) in [5, 5.41) is 0. The molecule has 3 aromatic carbocycles. The van der Waals surface area contributed by atoms with Crippen LogP contribution in [0.2, 0.25) is 0 Å². The maximum absolute atomic E-state index is 12.3. The first-order valence-corrected chi connectivity index (χ1v) is 10.5. The van der Waals surface area contributed by atoms with Gasteiger partial charge in [0, 0.05) is 6.26 Å². The summed E-state index contributed by atoms with van der Waals surface area (Å²) in [4.78, 5) is 12.3. The van der Waals surface area contributed by atoms with Crippen molar-refractivity contribution in [3.05, 3.63) is 95.6 Å². The van der Waals surface area contributed by atoms with E-state index in [2.05, 4.69) is 0 Å². The van der Waals surface area contributed by atoms with Crippen molar-refractivity contribution in [3.8, 4) is 11.1 Å². The standard InChI is InChI=1S/C22H20O4S/c1-27(24,25)16-18-6-5-9-21(14-18)22(23)26-15-17-10-12-20(13-11-17)19-7-3-2-4-8-19/h2-14H,15-16H2,1H3. The molecule has 0 aromatic heterocycles. The van der Waals surface area contributed by atoms with Crippen molar-refractivity contribution < 1.29 is 17.9 Å². The molecule has 0 bridgehead atoms. The highest BCUT2D eigenvalue weighted by atomic mass is 32.2. The zero-order chi connectivity index (χ0) is 19.3. The van der Waals surface area contributed by atoms with E-state index >= 15 is 0 Å². The number of sulfone groups is 1. The molecule has 0 amide bonds. The van der Waals surface area contributed by atoms with Crippen LogP contribution in [0.1, 0.15) is 21.5 Å². The predicted octanol–water partition coefficient (Wildman–Crippen LogP) is 4.26. The maximum Gasteiger partial charge on any atom is 0.338 e. The van der Waals surface area contributed by atoms with E-state index in [-0.39, 0.29) is 12.4 Å². The van der Waals surface area contributed by atoms with Crippen LogP contribution in [0.25, 0.3) is 11.1 Å². The largest absolute Gasteiger partial charge is 0.457 e. The Hall–Kier alpha value is -2.92. The fourth-order valence-electron chi connectivity index (χ4n) is 2.75. The molecule has 0 saturated carbocycles. The minimum absolute atomic E-state index is 0.102. The van der Waals surface area contributed by atoms with Gasteiger partial charge in [0.25, 0.3) is 0 Å². The third kappa shape index (κ3) is 5.53. The van der Waals surface area contributed by atoms with Crippen molar-refractivity contribution in [2.75, 3.05) is 6.26 Å². The smallest absolute Gasteiger partial charge is 0.338 e. The van der Waals surface area contributed by atoms with Gasteiger partial charge in [0.1, 0.15) is 6.61 Å². The molecule has 3 aromatic rings. The van der Waals surface area contributed by atoms with Crippen LogP contribution in [0.5, 0.6) is 0 Å². The lowest BCUT2D eigenvalue weighted by Gasteiger charge is -2.08. The SMILES string of the molecule is CS(=O)(=O)Cc1cccc(C(=O)OCc2ccc(-c3ccccc3)cc2)c1. The molecule has 0 atom stereocenters. The summed E-state index contributed by atoms with van der Waals surface area (Å²) >= 11 is 0. The van der Waals surface area contributed by atoms with Crippen molar-refractivity contribution >= 4 is 15.8 Å². The molecule has 5 heteroatoms. The van der Waals surface area contributed by atoms with Crippen LogP contribution < -0.4 is 0 Å². The highest BCUT2D eigenvalue weighted by Crippen LogP contribution is 2.19. The normalized spacial score (nSPS) is 11.1. The molecule has 27 heavy (non-hydrogen) atoms. The van der Waals surface area contributed by atoms with Crippen molar-refractivity contribution in [1.82, 2.24) is 0 Å². The predicted molar refractivity (Wildman–Crippen MR) is 106 cm³/mol. The number of rotatable bonds is 6. The molecule has 0 aliphatic heterocycles. The van der Waals surface area contributed by atoms with Crippen LogP contribution >= 0.6 is 0 Å². The number of carbonyl (C=O) groups excluding carboxylic acids is 1. The Morgan fingerprint density at radius 3 is 2.15 bits per heavy atom. The van der Waals surface area contributed by atoms with Gasteiger partial charge in [-0.25, -0.2) is 13.2 Å². The van der Waals surface area contributed by atoms with Gasteiger partial charge in [-0.1, -0.05) is 66.7 Å². The first kappa shape index (κ1) is 18.9. The molecule has 0 spiro atoms. The van der Waals surface area contributed by atoms with E-state index in [4.69, 9.17) is 4.74 Å². The average Bonchev–Trinajstić information content (AvgIpc) is 2.66. The molecule has 0 heterocycles. The second-order valence-electron chi connectivity index (χ2n) is 6.41. The van der Waals surface area contributed by atoms with E-state index < -0.39 is 15.8 Å². The summed E-state index contributed by atoms with van der Waals surface area (Å²) in [5.41, 5.74) is 4.02. The average molecular weight is 380 g/mol. The van der Waals surface area contributed by atoms with E-state index in [1.54, 1.807) is 24.3 Å². The lowest BCUT2D eigenvalue weighted by atomic mass is 10.0. The van der Waals surface area contributed by atoms with Crippen LogP contribution in [0.15, 0.2) is 78.9 Å². The Morgan fingerprint density at radius 2 is 1.48 bits per heavy atom. The minimum atomic E-state index is -3.15. The van der Waals surface area contributed by atoms with E-state index in [1.807, 2.05) is 54.6 Å². The topological polar surface area (TPSA) is 60.4 Å². The van der Waals surface area contributed by atoms with Gasteiger partial charge in [0.15, 0.2) is 9.84 Å². The fourth-order valence-corrected chi connectivity index (χ4v) is 3.53. The summed E-state index contributed by atoms with van der Waals surface area (Å²) in [7, 11) is -3.15. The van der Waals surface area contributed by atoms with Crippen molar-refractivity contribution in [3.63, 3.8) is 0 Å². The molecule has 138 valence electrons. The molecule has 0 N–H and O–H groups in total. The Morgan fingerprint density at radius 1 is 0.815 bits per heavy atom. The second kappa shape index (κ2) is 8.18. The monoisotopic (exact) mass is 380 g/mol. The second-order valence-corrected chi connectivity index (χ2v) is 8.55. The van der Waals surface area contributed by atoms with Crippen LogP contribution in [-0.2, 0) is 26.9 Å². The van der Waals surface area contributed by atoms with Gasteiger partial charge in [-0.05, 0) is 34.4 Å². The van der Waals surface area contributed by atoms with Crippen LogP contribution in [0, 0.1) is 0 Å². The van der Waals surface area contributed by atoms with Gasteiger partial charge in [-0.15, -0.1) is 0 Å². The summed E-state index contributed by atoms with van der Waals surface area (Å²) < 4.78 is 28.2. The molecular formula is C22H20O4S. The van der Waals surface area contributed by atoms with Gasteiger partial charge in [0.2, 0.25) is 0 Å². The van der Waals surface area contributed by atoms with Crippen molar-refractivity contribution in [2.45, 2.75) is 12.4 Å². The van der Waals surface area contributed by atoms with E-state index in [0.29, 0.717) is 11.1 Å². The van der Waals surface area contributed by atoms with E-state index in [9.17, 15) is 13.2 Å². The summed E-state index contributed by atoms with van der Waals surface area (Å²) in [5.74, 6) is -0.577. The van der Waals surface area contributed by atoms with Crippen molar-refractivity contribution in [1.29, 1.82) is 0 Å². The van der Waals surface area contributed by atoms with Gasteiger partial charge in [-0.2, -0.15) is 0 Å². The van der Waals surface area contributed by atoms with E-state index in [0.717, 1.165) is 22.9 Å². The number of benzene rings is 3. The van der Waals surface area contributed by atoms with Gasteiger partial charge in [0.05, 0.1) is 11.3 Å². The third-order valence-corrected chi connectivity index (χ3v) is 4.88. The number of ether oxygens (including phenoxy) is 1. The molecular weight excluding hydrogens is 360 g/mol. The lowest BCUT2D eigenvalue weighted by Crippen LogP contribution is -2.07. The highest BCUT2D eigenvalue weighted by molar-refractivity contribution is 7.89. The van der Waals surface area contributed by atoms with Crippen LogP contribution in [0.4, 0.5) is 0 Å².